The summed E-state index contributed by atoms with van der Waals surface area (Å²) in [6.07, 6.45) is 0. The SMILES string of the molecule is CC(C)(C)c1ccc(N(c2ccc3nn(-c4ccccc4)nc3c2)c2cc(C(C)(C)C)cc(Cl)c2Cl)cc1. The first-order chi connectivity index (χ1) is 17.9. The van der Waals surface area contributed by atoms with E-state index in [1.807, 2.05) is 48.5 Å². The molecule has 0 saturated carbocycles. The summed E-state index contributed by atoms with van der Waals surface area (Å²) in [7, 11) is 0. The highest BCUT2D eigenvalue weighted by Gasteiger charge is 2.24. The summed E-state index contributed by atoms with van der Waals surface area (Å²) >= 11 is 13.6. The fourth-order valence-electron chi connectivity index (χ4n) is 4.43. The van der Waals surface area contributed by atoms with Gasteiger partial charge in [0.1, 0.15) is 11.0 Å². The minimum Gasteiger partial charge on any atom is -0.309 e. The summed E-state index contributed by atoms with van der Waals surface area (Å²) in [6.45, 7) is 13.2. The third-order valence-electron chi connectivity index (χ3n) is 6.72. The van der Waals surface area contributed by atoms with Gasteiger partial charge in [-0.2, -0.15) is 4.80 Å². The zero-order chi connectivity index (χ0) is 27.2. The van der Waals surface area contributed by atoms with Crippen molar-refractivity contribution in [1.29, 1.82) is 0 Å². The van der Waals surface area contributed by atoms with Crippen molar-refractivity contribution in [3.8, 4) is 5.69 Å². The highest BCUT2D eigenvalue weighted by atomic mass is 35.5. The Labute approximate surface area is 234 Å². The van der Waals surface area contributed by atoms with Crippen LogP contribution in [0.4, 0.5) is 17.1 Å². The number of hydrogen-bond donors (Lipinski definition) is 0. The van der Waals surface area contributed by atoms with Gasteiger partial charge in [0.25, 0.3) is 0 Å². The lowest BCUT2D eigenvalue weighted by Gasteiger charge is -2.30. The molecule has 0 aliphatic rings. The van der Waals surface area contributed by atoms with E-state index in [0.717, 1.165) is 39.3 Å². The van der Waals surface area contributed by atoms with Crippen molar-refractivity contribution < 1.29 is 0 Å². The van der Waals surface area contributed by atoms with Gasteiger partial charge in [-0.05, 0) is 76.6 Å². The molecule has 5 rings (SSSR count). The maximum Gasteiger partial charge on any atom is 0.115 e. The Morgan fingerprint density at radius 2 is 1.24 bits per heavy atom. The van der Waals surface area contributed by atoms with Crippen LogP contribution in [0.25, 0.3) is 16.7 Å². The average molecular weight is 544 g/mol. The number of rotatable bonds is 4. The Bertz CT molecular complexity index is 1590. The van der Waals surface area contributed by atoms with Crippen LogP contribution in [0.1, 0.15) is 52.7 Å². The normalized spacial score (nSPS) is 12.2. The molecule has 0 N–H and O–H groups in total. The molecule has 0 radical (unpaired) electrons. The maximum absolute atomic E-state index is 6.91. The molecule has 0 aliphatic carbocycles. The minimum absolute atomic E-state index is 0.0469. The molecular weight excluding hydrogens is 511 g/mol. The first kappa shape index (κ1) is 26.3. The van der Waals surface area contributed by atoms with Gasteiger partial charge >= 0.3 is 0 Å². The number of benzene rings is 4. The van der Waals surface area contributed by atoms with Crippen molar-refractivity contribution in [3.05, 3.63) is 106 Å². The molecule has 0 bridgehead atoms. The van der Waals surface area contributed by atoms with Gasteiger partial charge in [-0.3, -0.25) is 0 Å². The molecule has 1 aromatic heterocycles. The highest BCUT2D eigenvalue weighted by molar-refractivity contribution is 6.44. The second-order valence-corrected chi connectivity index (χ2v) is 12.5. The molecular formula is C32H32Cl2N4. The van der Waals surface area contributed by atoms with Crippen LogP contribution < -0.4 is 4.90 Å². The van der Waals surface area contributed by atoms with E-state index >= 15 is 0 Å². The van der Waals surface area contributed by atoms with Gasteiger partial charge in [0.15, 0.2) is 0 Å². The lowest BCUT2D eigenvalue weighted by molar-refractivity contribution is 0.590. The van der Waals surface area contributed by atoms with Crippen molar-refractivity contribution in [2.75, 3.05) is 4.90 Å². The van der Waals surface area contributed by atoms with E-state index in [1.54, 1.807) is 4.80 Å². The molecule has 194 valence electrons. The maximum atomic E-state index is 6.91. The molecule has 0 unspecified atom stereocenters. The van der Waals surface area contributed by atoms with Crippen molar-refractivity contribution in [2.45, 2.75) is 52.4 Å². The van der Waals surface area contributed by atoms with Crippen LogP contribution >= 0.6 is 23.2 Å². The fourth-order valence-corrected chi connectivity index (χ4v) is 4.83. The Balaban J connectivity index is 1.70. The van der Waals surface area contributed by atoms with Crippen LogP contribution in [0.15, 0.2) is 84.9 Å². The zero-order valence-electron chi connectivity index (χ0n) is 22.6. The van der Waals surface area contributed by atoms with Crippen LogP contribution in [0.5, 0.6) is 0 Å². The fraction of sp³-hybridized carbons (Fsp3) is 0.250. The Morgan fingerprint density at radius 1 is 0.632 bits per heavy atom. The quantitative estimate of drug-likeness (QED) is 0.226. The number of nitrogens with zero attached hydrogens (tertiary/aromatic N) is 4. The van der Waals surface area contributed by atoms with Gasteiger partial charge in [0, 0.05) is 11.4 Å². The minimum atomic E-state index is -0.104. The molecule has 0 amide bonds. The van der Waals surface area contributed by atoms with E-state index in [1.165, 1.54) is 5.56 Å². The summed E-state index contributed by atoms with van der Waals surface area (Å²) in [4.78, 5) is 3.82. The Kier molecular flexibility index (Phi) is 6.75. The predicted octanol–water partition coefficient (Wildman–Crippen LogP) is 9.79. The monoisotopic (exact) mass is 542 g/mol. The molecule has 0 saturated heterocycles. The third-order valence-corrected chi connectivity index (χ3v) is 7.51. The molecule has 5 aromatic rings. The highest BCUT2D eigenvalue weighted by Crippen LogP contribution is 2.44. The smallest absolute Gasteiger partial charge is 0.115 e. The van der Waals surface area contributed by atoms with Gasteiger partial charge in [0.2, 0.25) is 0 Å². The largest absolute Gasteiger partial charge is 0.309 e. The second kappa shape index (κ2) is 9.76. The van der Waals surface area contributed by atoms with E-state index in [9.17, 15) is 0 Å². The number of aromatic nitrogens is 3. The van der Waals surface area contributed by atoms with Crippen LogP contribution in [-0.4, -0.2) is 15.0 Å². The van der Waals surface area contributed by atoms with Gasteiger partial charge in [-0.25, -0.2) is 0 Å². The van der Waals surface area contributed by atoms with Crippen LogP contribution in [-0.2, 0) is 10.8 Å². The van der Waals surface area contributed by atoms with Crippen LogP contribution in [0.2, 0.25) is 10.0 Å². The van der Waals surface area contributed by atoms with Gasteiger partial charge in [-0.1, -0.05) is 95.1 Å². The van der Waals surface area contributed by atoms with E-state index < -0.39 is 0 Å². The summed E-state index contributed by atoms with van der Waals surface area (Å²) < 4.78 is 0. The van der Waals surface area contributed by atoms with Gasteiger partial charge < -0.3 is 4.90 Å². The standard InChI is InChI=1S/C32H32Cl2N4/c1-31(2,3)21-12-14-23(15-13-21)37(29-19-22(32(4,5)6)18-26(33)30(29)34)25-16-17-27-28(20-25)36-38(35-27)24-10-8-7-9-11-24/h7-20H,1-6H3. The summed E-state index contributed by atoms with van der Waals surface area (Å²) in [5.41, 5.74) is 7.55. The van der Waals surface area contributed by atoms with Crippen molar-refractivity contribution in [3.63, 3.8) is 0 Å². The Morgan fingerprint density at radius 3 is 1.87 bits per heavy atom. The van der Waals surface area contributed by atoms with Crippen molar-refractivity contribution in [2.24, 2.45) is 0 Å². The van der Waals surface area contributed by atoms with Gasteiger partial charge in [-0.15, -0.1) is 10.2 Å². The molecule has 1 heterocycles. The van der Waals surface area contributed by atoms with Crippen LogP contribution in [0, 0.1) is 0 Å². The molecule has 0 spiro atoms. The van der Waals surface area contributed by atoms with Crippen molar-refractivity contribution in [1.82, 2.24) is 15.0 Å². The van der Waals surface area contributed by atoms with E-state index in [2.05, 4.69) is 87.9 Å². The molecule has 0 fully saturated rings. The van der Waals surface area contributed by atoms with Gasteiger partial charge in [0.05, 0.1) is 21.4 Å². The first-order valence-electron chi connectivity index (χ1n) is 12.7. The number of halogens is 2. The summed E-state index contributed by atoms with van der Waals surface area (Å²) in [6, 6.07) is 28.7. The third kappa shape index (κ3) is 5.16. The lowest BCUT2D eigenvalue weighted by atomic mass is 9.86. The summed E-state index contributed by atoms with van der Waals surface area (Å²) in [5, 5.41) is 10.5. The van der Waals surface area contributed by atoms with Crippen molar-refractivity contribution >= 4 is 51.3 Å². The first-order valence-corrected chi connectivity index (χ1v) is 13.5. The van der Waals surface area contributed by atoms with Crippen LogP contribution in [0.3, 0.4) is 0 Å². The van der Waals surface area contributed by atoms with E-state index in [4.69, 9.17) is 28.3 Å². The van der Waals surface area contributed by atoms with E-state index in [-0.39, 0.29) is 10.8 Å². The number of fused-ring (bicyclic) bond motifs is 1. The molecule has 38 heavy (non-hydrogen) atoms. The number of anilines is 3. The average Bonchev–Trinajstić information content (AvgIpc) is 3.30. The Hall–Kier alpha value is -3.34. The number of para-hydroxylation sites is 1. The molecule has 0 aliphatic heterocycles. The molecule has 4 nitrogen and oxygen atoms in total. The second-order valence-electron chi connectivity index (χ2n) is 11.7. The number of hydrogen-bond acceptors (Lipinski definition) is 3. The summed E-state index contributed by atoms with van der Waals surface area (Å²) in [5.74, 6) is 0. The van der Waals surface area contributed by atoms with E-state index in [0.29, 0.717) is 10.0 Å². The predicted molar refractivity (Wildman–Crippen MR) is 161 cm³/mol. The lowest BCUT2D eigenvalue weighted by Crippen LogP contribution is -2.16. The molecule has 6 heteroatoms. The molecule has 0 atom stereocenters. The topological polar surface area (TPSA) is 34.0 Å². The zero-order valence-corrected chi connectivity index (χ0v) is 24.1. The molecule has 4 aromatic carbocycles.